The topological polar surface area (TPSA) is 39.7 Å². The quantitative estimate of drug-likeness (QED) is 0.662. The van der Waals surface area contributed by atoms with Crippen molar-refractivity contribution >= 4 is 5.69 Å². The van der Waals surface area contributed by atoms with E-state index >= 15 is 0 Å². The number of methoxy groups -OCH3 is 1. The molecule has 0 aliphatic rings. The number of hydrogen-bond acceptors (Lipinski definition) is 4. The van der Waals surface area contributed by atoms with Crippen LogP contribution in [0.1, 0.15) is 5.56 Å². The van der Waals surface area contributed by atoms with Crippen molar-refractivity contribution in [3.63, 3.8) is 0 Å². The van der Waals surface area contributed by atoms with Crippen LogP contribution in [0.3, 0.4) is 0 Å². The molecular formula is C14H22FNO3. The third-order valence-electron chi connectivity index (χ3n) is 2.42. The van der Waals surface area contributed by atoms with E-state index in [1.54, 1.807) is 7.11 Å². The minimum Gasteiger partial charge on any atom is -0.383 e. The smallest absolute Gasteiger partial charge is 0.125 e. The molecule has 1 N–H and O–H groups in total. The molecule has 0 fully saturated rings. The Labute approximate surface area is 113 Å². The maximum Gasteiger partial charge on any atom is 0.125 e. The van der Waals surface area contributed by atoms with E-state index in [4.69, 9.17) is 14.2 Å². The molecule has 0 amide bonds. The lowest BCUT2D eigenvalue weighted by atomic mass is 10.2. The molecule has 0 atom stereocenters. The third-order valence-corrected chi connectivity index (χ3v) is 2.42. The van der Waals surface area contributed by atoms with Crippen molar-refractivity contribution in [3.8, 4) is 0 Å². The molecule has 0 aromatic heterocycles. The second-order valence-corrected chi connectivity index (χ2v) is 4.16. The first kappa shape index (κ1) is 15.9. The van der Waals surface area contributed by atoms with Crippen molar-refractivity contribution in [2.75, 3.05) is 52.0 Å². The summed E-state index contributed by atoms with van der Waals surface area (Å²) in [7, 11) is 1.64. The number of ether oxygens (including phenoxy) is 3. The summed E-state index contributed by atoms with van der Waals surface area (Å²) in [6.07, 6.45) is 0. The summed E-state index contributed by atoms with van der Waals surface area (Å²) < 4.78 is 28.6. The summed E-state index contributed by atoms with van der Waals surface area (Å²) in [6.45, 7) is 5.35. The molecule has 0 aliphatic carbocycles. The summed E-state index contributed by atoms with van der Waals surface area (Å²) in [5, 5.41) is 3.11. The average molecular weight is 271 g/mol. The summed E-state index contributed by atoms with van der Waals surface area (Å²) in [4.78, 5) is 0. The van der Waals surface area contributed by atoms with E-state index in [1.165, 1.54) is 12.1 Å². The highest BCUT2D eigenvalue weighted by atomic mass is 19.1. The normalized spacial score (nSPS) is 10.7. The SMILES string of the molecule is COCCOCCOCCNc1cc(C)cc(F)c1. The average Bonchev–Trinajstić information content (AvgIpc) is 2.36. The van der Waals surface area contributed by atoms with E-state index < -0.39 is 0 Å². The van der Waals surface area contributed by atoms with Crippen LogP contribution in [0.15, 0.2) is 18.2 Å². The van der Waals surface area contributed by atoms with Gasteiger partial charge in [-0.05, 0) is 30.7 Å². The molecule has 5 heteroatoms. The van der Waals surface area contributed by atoms with Gasteiger partial charge in [-0.3, -0.25) is 0 Å². The van der Waals surface area contributed by atoms with Gasteiger partial charge in [0.2, 0.25) is 0 Å². The largest absolute Gasteiger partial charge is 0.383 e. The minimum atomic E-state index is -0.227. The van der Waals surface area contributed by atoms with Gasteiger partial charge in [-0.15, -0.1) is 0 Å². The van der Waals surface area contributed by atoms with Gasteiger partial charge in [0, 0.05) is 19.3 Å². The fourth-order valence-corrected chi connectivity index (χ4v) is 1.57. The van der Waals surface area contributed by atoms with E-state index in [2.05, 4.69) is 5.32 Å². The molecule has 0 spiro atoms. The number of benzene rings is 1. The first-order chi connectivity index (χ1) is 9.22. The Bertz CT molecular complexity index is 340. The van der Waals surface area contributed by atoms with Crippen molar-refractivity contribution < 1.29 is 18.6 Å². The summed E-state index contributed by atoms with van der Waals surface area (Å²) in [5.41, 5.74) is 1.67. The van der Waals surface area contributed by atoms with Crippen LogP contribution < -0.4 is 5.32 Å². The van der Waals surface area contributed by atoms with Crippen LogP contribution in [0.25, 0.3) is 0 Å². The van der Waals surface area contributed by atoms with Crippen molar-refractivity contribution in [1.29, 1.82) is 0 Å². The molecule has 19 heavy (non-hydrogen) atoms. The van der Waals surface area contributed by atoms with Gasteiger partial charge in [0.15, 0.2) is 0 Å². The second-order valence-electron chi connectivity index (χ2n) is 4.16. The number of anilines is 1. The molecule has 0 bridgehead atoms. The van der Waals surface area contributed by atoms with Crippen LogP contribution in [-0.2, 0) is 14.2 Å². The highest BCUT2D eigenvalue weighted by Crippen LogP contribution is 2.12. The molecule has 0 aliphatic heterocycles. The van der Waals surface area contributed by atoms with Gasteiger partial charge in [-0.1, -0.05) is 0 Å². The third kappa shape index (κ3) is 7.77. The van der Waals surface area contributed by atoms with Crippen molar-refractivity contribution in [1.82, 2.24) is 0 Å². The van der Waals surface area contributed by atoms with Crippen LogP contribution in [0.5, 0.6) is 0 Å². The van der Waals surface area contributed by atoms with Gasteiger partial charge >= 0.3 is 0 Å². The Morgan fingerprint density at radius 3 is 2.37 bits per heavy atom. The molecule has 108 valence electrons. The van der Waals surface area contributed by atoms with Gasteiger partial charge in [-0.2, -0.15) is 0 Å². The van der Waals surface area contributed by atoms with Gasteiger partial charge in [0.05, 0.1) is 33.0 Å². The molecule has 1 aromatic carbocycles. The van der Waals surface area contributed by atoms with Crippen LogP contribution in [-0.4, -0.2) is 46.7 Å². The standard InChI is InChI=1S/C14H22FNO3/c1-12-9-13(15)11-14(10-12)16-3-4-18-7-8-19-6-5-17-2/h9-11,16H,3-8H2,1-2H3. The zero-order chi connectivity index (χ0) is 13.9. The summed E-state index contributed by atoms with van der Waals surface area (Å²) in [5.74, 6) is -0.227. The molecule has 0 heterocycles. The molecule has 0 saturated carbocycles. The van der Waals surface area contributed by atoms with Gasteiger partial charge < -0.3 is 19.5 Å². The van der Waals surface area contributed by atoms with E-state index in [1.807, 2.05) is 13.0 Å². The van der Waals surface area contributed by atoms with Crippen LogP contribution >= 0.6 is 0 Å². The highest BCUT2D eigenvalue weighted by molar-refractivity contribution is 5.45. The Balaban J connectivity index is 2.01. The second kappa shape index (κ2) is 9.72. The Morgan fingerprint density at radius 1 is 1.00 bits per heavy atom. The predicted octanol–water partition coefficient (Wildman–Crippen LogP) is 2.23. The van der Waals surface area contributed by atoms with E-state index in [-0.39, 0.29) is 5.82 Å². The fourth-order valence-electron chi connectivity index (χ4n) is 1.57. The van der Waals surface area contributed by atoms with Crippen molar-refractivity contribution in [3.05, 3.63) is 29.6 Å². The number of aryl methyl sites for hydroxylation is 1. The molecule has 0 radical (unpaired) electrons. The molecule has 0 unspecified atom stereocenters. The lowest BCUT2D eigenvalue weighted by Gasteiger charge is -2.08. The van der Waals surface area contributed by atoms with Gasteiger partial charge in [0.1, 0.15) is 5.82 Å². The highest BCUT2D eigenvalue weighted by Gasteiger charge is 1.97. The minimum absolute atomic E-state index is 0.227. The van der Waals surface area contributed by atoms with E-state index in [9.17, 15) is 4.39 Å². The molecular weight excluding hydrogens is 249 g/mol. The Morgan fingerprint density at radius 2 is 1.68 bits per heavy atom. The molecule has 4 nitrogen and oxygen atoms in total. The maximum absolute atomic E-state index is 13.1. The Hall–Kier alpha value is -1.17. The van der Waals surface area contributed by atoms with Crippen LogP contribution in [0.2, 0.25) is 0 Å². The zero-order valence-electron chi connectivity index (χ0n) is 11.6. The van der Waals surface area contributed by atoms with E-state index in [0.29, 0.717) is 39.6 Å². The van der Waals surface area contributed by atoms with Crippen molar-refractivity contribution in [2.45, 2.75) is 6.92 Å². The predicted molar refractivity (Wildman–Crippen MR) is 73.1 cm³/mol. The lowest BCUT2D eigenvalue weighted by Crippen LogP contribution is -2.13. The monoisotopic (exact) mass is 271 g/mol. The maximum atomic E-state index is 13.1. The number of halogens is 1. The van der Waals surface area contributed by atoms with Crippen LogP contribution in [0, 0.1) is 12.7 Å². The lowest BCUT2D eigenvalue weighted by molar-refractivity contribution is 0.0272. The van der Waals surface area contributed by atoms with Crippen LogP contribution in [0.4, 0.5) is 10.1 Å². The fraction of sp³-hybridized carbons (Fsp3) is 0.571. The number of nitrogens with one attached hydrogen (secondary N) is 1. The van der Waals surface area contributed by atoms with Gasteiger partial charge in [0.25, 0.3) is 0 Å². The number of hydrogen-bond donors (Lipinski definition) is 1. The number of rotatable bonds is 10. The summed E-state index contributed by atoms with van der Waals surface area (Å²) >= 11 is 0. The zero-order valence-corrected chi connectivity index (χ0v) is 11.6. The van der Waals surface area contributed by atoms with Gasteiger partial charge in [-0.25, -0.2) is 4.39 Å². The molecule has 1 rings (SSSR count). The molecule has 0 saturated heterocycles. The first-order valence-corrected chi connectivity index (χ1v) is 6.38. The van der Waals surface area contributed by atoms with Crippen molar-refractivity contribution in [2.24, 2.45) is 0 Å². The first-order valence-electron chi connectivity index (χ1n) is 6.38. The van der Waals surface area contributed by atoms with E-state index in [0.717, 1.165) is 11.3 Å². The Kier molecular flexibility index (Phi) is 8.13. The molecule has 1 aromatic rings. The summed E-state index contributed by atoms with van der Waals surface area (Å²) in [6, 6.07) is 4.87.